The Morgan fingerprint density at radius 3 is 2.55 bits per heavy atom. The number of carbonyl (C=O) groups is 2. The Morgan fingerprint density at radius 2 is 2.09 bits per heavy atom. The first-order valence-electron chi connectivity index (χ1n) is 3.03. The molecule has 0 atom stereocenters. The maximum atomic E-state index is 10.5. The van der Waals surface area contributed by atoms with Crippen LogP contribution in [0.25, 0.3) is 0 Å². The maximum absolute atomic E-state index is 10.5. The average Bonchev–Trinajstić information content (AvgIpc) is 1.97. The molecule has 5 heteroatoms. The van der Waals surface area contributed by atoms with Gasteiger partial charge >= 0.3 is 11.9 Å². The van der Waals surface area contributed by atoms with Gasteiger partial charge in [-0.3, -0.25) is 9.59 Å². The van der Waals surface area contributed by atoms with Crippen LogP contribution in [0.1, 0.15) is 12.8 Å². The number of carboxylic acids is 1. The van der Waals surface area contributed by atoms with Crippen LogP contribution in [0.4, 0.5) is 0 Å². The van der Waals surface area contributed by atoms with Gasteiger partial charge in [0.25, 0.3) is 0 Å². The molecular formula is C6H9NO4. The van der Waals surface area contributed by atoms with Crippen molar-refractivity contribution < 1.29 is 19.4 Å². The fourth-order valence-electron chi connectivity index (χ4n) is 0.416. The minimum Gasteiger partial charge on any atom is -0.481 e. The van der Waals surface area contributed by atoms with E-state index in [0.717, 1.165) is 6.21 Å². The molecule has 0 saturated carbocycles. The average molecular weight is 159 g/mol. The van der Waals surface area contributed by atoms with Gasteiger partial charge < -0.3 is 15.3 Å². The van der Waals surface area contributed by atoms with E-state index in [1.165, 1.54) is 0 Å². The molecule has 0 heterocycles. The number of esters is 1. The molecule has 62 valence electrons. The van der Waals surface area contributed by atoms with Gasteiger partial charge in [0.15, 0.2) is 0 Å². The van der Waals surface area contributed by atoms with Crippen LogP contribution in [-0.4, -0.2) is 29.9 Å². The van der Waals surface area contributed by atoms with Crippen LogP contribution in [0, 0.1) is 5.41 Å². The first kappa shape index (κ1) is 9.61. The number of ether oxygens (including phenoxy) is 1. The highest BCUT2D eigenvalue weighted by molar-refractivity contribution is 5.77. The van der Waals surface area contributed by atoms with E-state index in [4.69, 9.17) is 10.5 Å². The summed E-state index contributed by atoms with van der Waals surface area (Å²) in [5.74, 6) is -1.62. The lowest BCUT2D eigenvalue weighted by atomic mass is 10.3. The smallest absolute Gasteiger partial charge is 0.306 e. The van der Waals surface area contributed by atoms with Gasteiger partial charge in [-0.05, 0) is 0 Å². The summed E-state index contributed by atoms with van der Waals surface area (Å²) in [6, 6.07) is 0. The van der Waals surface area contributed by atoms with Gasteiger partial charge in [0.2, 0.25) is 0 Å². The van der Waals surface area contributed by atoms with E-state index in [9.17, 15) is 9.59 Å². The molecular weight excluding hydrogens is 150 g/mol. The summed E-state index contributed by atoms with van der Waals surface area (Å²) in [6.45, 7) is -0.0849. The third-order valence-electron chi connectivity index (χ3n) is 0.871. The second-order valence-corrected chi connectivity index (χ2v) is 1.78. The number of aliphatic carboxylic acids is 1. The van der Waals surface area contributed by atoms with Crippen LogP contribution in [0.5, 0.6) is 0 Å². The first-order chi connectivity index (χ1) is 5.16. The second kappa shape index (κ2) is 5.40. The van der Waals surface area contributed by atoms with Gasteiger partial charge in [0.1, 0.15) is 6.61 Å². The predicted molar refractivity (Wildman–Crippen MR) is 36.6 cm³/mol. The quantitative estimate of drug-likeness (QED) is 0.438. The van der Waals surface area contributed by atoms with E-state index in [1.807, 2.05) is 0 Å². The molecule has 0 aliphatic rings. The van der Waals surface area contributed by atoms with Gasteiger partial charge in [-0.1, -0.05) is 0 Å². The number of carbonyl (C=O) groups excluding carboxylic acids is 1. The Balaban J connectivity index is 3.37. The zero-order chi connectivity index (χ0) is 8.69. The Bertz CT molecular complexity index is 166. The molecule has 0 saturated heterocycles. The summed E-state index contributed by atoms with van der Waals surface area (Å²) < 4.78 is 4.40. The standard InChI is InChI=1S/C6H9NO4/c7-3-4-11-6(10)2-1-5(8)9/h3,7H,1-2,4H2,(H,8,9). The Kier molecular flexibility index (Phi) is 4.72. The molecule has 0 rings (SSSR count). The molecule has 0 spiro atoms. The number of rotatable bonds is 5. The SMILES string of the molecule is N=CCOC(=O)CCC(=O)O. The van der Waals surface area contributed by atoms with Crippen LogP contribution in [0.15, 0.2) is 0 Å². The summed E-state index contributed by atoms with van der Waals surface area (Å²) >= 11 is 0. The van der Waals surface area contributed by atoms with Crippen molar-refractivity contribution in [2.24, 2.45) is 0 Å². The van der Waals surface area contributed by atoms with Gasteiger partial charge in [0.05, 0.1) is 12.8 Å². The number of nitrogens with one attached hydrogen (secondary N) is 1. The third-order valence-corrected chi connectivity index (χ3v) is 0.871. The minimum absolute atomic E-state index is 0.0849. The Labute approximate surface area is 63.5 Å². The molecule has 0 unspecified atom stereocenters. The molecule has 0 radical (unpaired) electrons. The molecule has 5 nitrogen and oxygen atoms in total. The van der Waals surface area contributed by atoms with Crippen molar-refractivity contribution in [3.8, 4) is 0 Å². The normalized spacial score (nSPS) is 8.73. The summed E-state index contributed by atoms with van der Waals surface area (Å²) in [5, 5.41) is 14.6. The molecule has 11 heavy (non-hydrogen) atoms. The van der Waals surface area contributed by atoms with Gasteiger partial charge in [-0.25, -0.2) is 0 Å². The van der Waals surface area contributed by atoms with E-state index in [0.29, 0.717) is 0 Å². The minimum atomic E-state index is -1.03. The zero-order valence-corrected chi connectivity index (χ0v) is 5.87. The lowest BCUT2D eigenvalue weighted by molar-refractivity contribution is -0.146. The highest BCUT2D eigenvalue weighted by Gasteiger charge is 2.04. The zero-order valence-electron chi connectivity index (χ0n) is 5.87. The van der Waals surface area contributed by atoms with Crippen LogP contribution in [-0.2, 0) is 14.3 Å². The number of hydrogen-bond donors (Lipinski definition) is 2. The molecule has 0 aromatic heterocycles. The summed E-state index contributed by atoms with van der Waals surface area (Å²) in [4.78, 5) is 20.4. The summed E-state index contributed by atoms with van der Waals surface area (Å²) in [5.41, 5.74) is 0. The summed E-state index contributed by atoms with van der Waals surface area (Å²) in [7, 11) is 0. The first-order valence-corrected chi connectivity index (χ1v) is 3.03. The van der Waals surface area contributed by atoms with E-state index >= 15 is 0 Å². The molecule has 0 aromatic rings. The Morgan fingerprint density at radius 1 is 1.45 bits per heavy atom. The topological polar surface area (TPSA) is 87.5 Å². The highest BCUT2D eigenvalue weighted by Crippen LogP contribution is 1.91. The van der Waals surface area contributed by atoms with Gasteiger partial charge in [0, 0.05) is 6.21 Å². The van der Waals surface area contributed by atoms with Crippen molar-refractivity contribution >= 4 is 18.2 Å². The van der Waals surface area contributed by atoms with E-state index < -0.39 is 11.9 Å². The number of carboxylic acid groups (broad SMARTS) is 1. The molecule has 2 N–H and O–H groups in total. The van der Waals surface area contributed by atoms with E-state index in [-0.39, 0.29) is 19.4 Å². The summed E-state index contributed by atoms with van der Waals surface area (Å²) in [6.07, 6.45) is 0.568. The van der Waals surface area contributed by atoms with Crippen molar-refractivity contribution in [1.29, 1.82) is 5.41 Å². The van der Waals surface area contributed by atoms with E-state index in [1.54, 1.807) is 0 Å². The molecule has 0 aromatic carbocycles. The van der Waals surface area contributed by atoms with Crippen molar-refractivity contribution in [3.05, 3.63) is 0 Å². The highest BCUT2D eigenvalue weighted by atomic mass is 16.5. The molecule has 0 bridgehead atoms. The monoisotopic (exact) mass is 159 g/mol. The molecule has 0 aliphatic heterocycles. The van der Waals surface area contributed by atoms with Crippen LogP contribution >= 0.6 is 0 Å². The van der Waals surface area contributed by atoms with E-state index in [2.05, 4.69) is 4.74 Å². The fraction of sp³-hybridized carbons (Fsp3) is 0.500. The van der Waals surface area contributed by atoms with Crippen LogP contribution < -0.4 is 0 Å². The fourth-order valence-corrected chi connectivity index (χ4v) is 0.416. The molecule has 0 amide bonds. The lowest BCUT2D eigenvalue weighted by Crippen LogP contribution is -2.08. The van der Waals surface area contributed by atoms with Crippen molar-refractivity contribution in [1.82, 2.24) is 0 Å². The lowest BCUT2D eigenvalue weighted by Gasteiger charge is -1.97. The predicted octanol–water partition coefficient (Wildman–Crippen LogP) is 0.0440. The van der Waals surface area contributed by atoms with Crippen LogP contribution in [0.2, 0.25) is 0 Å². The largest absolute Gasteiger partial charge is 0.481 e. The van der Waals surface area contributed by atoms with Gasteiger partial charge in [-0.15, -0.1) is 0 Å². The Hall–Kier alpha value is -1.39. The second-order valence-electron chi connectivity index (χ2n) is 1.78. The van der Waals surface area contributed by atoms with Crippen molar-refractivity contribution in [2.45, 2.75) is 12.8 Å². The van der Waals surface area contributed by atoms with Gasteiger partial charge in [-0.2, -0.15) is 0 Å². The van der Waals surface area contributed by atoms with Crippen LogP contribution in [0.3, 0.4) is 0 Å². The van der Waals surface area contributed by atoms with Crippen molar-refractivity contribution in [2.75, 3.05) is 6.61 Å². The molecule has 0 fully saturated rings. The molecule has 0 aliphatic carbocycles. The third kappa shape index (κ3) is 6.50. The maximum Gasteiger partial charge on any atom is 0.306 e. The van der Waals surface area contributed by atoms with Crippen molar-refractivity contribution in [3.63, 3.8) is 0 Å². The number of hydrogen-bond acceptors (Lipinski definition) is 4.